The largest absolute Gasteiger partial charge is 0.337 e. The van der Waals surface area contributed by atoms with Gasteiger partial charge in [0.05, 0.1) is 5.92 Å². The Kier molecular flexibility index (Phi) is 8.91. The number of hydrogen-bond acceptors (Lipinski definition) is 5. The fraction of sp³-hybridized carbons (Fsp3) is 0.312. The summed E-state index contributed by atoms with van der Waals surface area (Å²) in [5, 5.41) is 4.79. The van der Waals surface area contributed by atoms with Crippen molar-refractivity contribution < 1.29 is 14.1 Å². The van der Waals surface area contributed by atoms with Crippen LogP contribution < -0.4 is 0 Å². The topological polar surface area (TPSA) is 79.5 Å². The van der Waals surface area contributed by atoms with E-state index in [1.54, 1.807) is 21.9 Å². The highest BCUT2D eigenvalue weighted by Crippen LogP contribution is 2.32. The van der Waals surface area contributed by atoms with Crippen LogP contribution in [-0.2, 0) is 16.1 Å². The Morgan fingerprint density at radius 2 is 1.70 bits per heavy atom. The molecule has 1 aliphatic heterocycles. The zero-order chi connectivity index (χ0) is 27.9. The first-order valence-corrected chi connectivity index (χ1v) is 14.2. The highest BCUT2D eigenvalue weighted by molar-refractivity contribution is 6.30. The SMILES string of the molecule is CC[C@H](C(=O)N(CC(=O)N1CCCC[C@@H]1c1nc(-c2ccc(Cl)cc2)no1)Cc1ccccc1)c1ccccc1. The van der Waals surface area contributed by atoms with Crippen LogP contribution in [0.4, 0.5) is 0 Å². The van der Waals surface area contributed by atoms with Crippen LogP contribution in [0.15, 0.2) is 89.5 Å². The zero-order valence-corrected chi connectivity index (χ0v) is 23.3. The van der Waals surface area contributed by atoms with E-state index < -0.39 is 0 Å². The Balaban J connectivity index is 1.38. The van der Waals surface area contributed by atoms with Gasteiger partial charge in [0.25, 0.3) is 0 Å². The number of likely N-dealkylation sites (tertiary alicyclic amines) is 1. The highest BCUT2D eigenvalue weighted by Gasteiger charge is 2.34. The fourth-order valence-corrected chi connectivity index (χ4v) is 5.43. The Labute approximate surface area is 239 Å². The van der Waals surface area contributed by atoms with Gasteiger partial charge in [-0.05, 0) is 61.1 Å². The molecule has 1 saturated heterocycles. The molecule has 0 aliphatic carbocycles. The lowest BCUT2D eigenvalue weighted by Gasteiger charge is -2.35. The number of aromatic nitrogens is 2. The number of halogens is 1. The molecule has 2 amide bonds. The molecular formula is C32H33ClN4O3. The standard InChI is InChI=1S/C32H33ClN4O3/c1-2-27(24-13-7-4-8-14-24)32(39)36(21-23-11-5-3-6-12-23)22-29(38)37-20-10-9-15-28(37)31-34-30(35-40-31)25-16-18-26(33)19-17-25/h3-8,11-14,16-19,27-28H,2,9-10,15,20-22H2,1H3/t27-,28+/m0/s1. The lowest BCUT2D eigenvalue weighted by Crippen LogP contribution is -2.46. The second kappa shape index (κ2) is 12.9. The van der Waals surface area contributed by atoms with Crippen LogP contribution in [-0.4, -0.2) is 44.8 Å². The van der Waals surface area contributed by atoms with Gasteiger partial charge < -0.3 is 14.3 Å². The molecule has 0 bridgehead atoms. The van der Waals surface area contributed by atoms with Crippen LogP contribution in [0, 0.1) is 0 Å². The van der Waals surface area contributed by atoms with Gasteiger partial charge in [-0.25, -0.2) is 0 Å². The average molecular weight is 557 g/mol. The molecule has 7 nitrogen and oxygen atoms in total. The van der Waals surface area contributed by atoms with Crippen molar-refractivity contribution in [1.82, 2.24) is 19.9 Å². The number of nitrogens with zero attached hydrogens (tertiary/aromatic N) is 4. The minimum atomic E-state index is -0.334. The van der Waals surface area contributed by atoms with E-state index in [2.05, 4.69) is 10.1 Å². The summed E-state index contributed by atoms with van der Waals surface area (Å²) in [5.41, 5.74) is 2.72. The summed E-state index contributed by atoms with van der Waals surface area (Å²) in [5.74, 6) is 0.368. The van der Waals surface area contributed by atoms with E-state index in [4.69, 9.17) is 16.1 Å². The smallest absolute Gasteiger partial charge is 0.249 e. The summed E-state index contributed by atoms with van der Waals surface area (Å²) in [4.78, 5) is 35.9. The summed E-state index contributed by atoms with van der Waals surface area (Å²) in [6.45, 7) is 2.91. The van der Waals surface area contributed by atoms with Crippen molar-refractivity contribution in [3.8, 4) is 11.4 Å². The maximum Gasteiger partial charge on any atom is 0.249 e. The predicted octanol–water partition coefficient (Wildman–Crippen LogP) is 6.67. The molecule has 40 heavy (non-hydrogen) atoms. The number of amides is 2. The van der Waals surface area contributed by atoms with Crippen LogP contribution >= 0.6 is 11.6 Å². The molecule has 4 aromatic rings. The summed E-state index contributed by atoms with van der Waals surface area (Å²) >= 11 is 6.02. The van der Waals surface area contributed by atoms with Gasteiger partial charge in [0, 0.05) is 23.7 Å². The molecule has 3 aromatic carbocycles. The molecule has 0 saturated carbocycles. The van der Waals surface area contributed by atoms with Gasteiger partial charge in [-0.2, -0.15) is 4.98 Å². The van der Waals surface area contributed by atoms with Crippen molar-refractivity contribution in [2.24, 2.45) is 0 Å². The molecule has 1 aromatic heterocycles. The predicted molar refractivity (Wildman–Crippen MR) is 154 cm³/mol. The van der Waals surface area contributed by atoms with Gasteiger partial charge in [-0.3, -0.25) is 9.59 Å². The number of benzene rings is 3. The first-order valence-electron chi connectivity index (χ1n) is 13.8. The second-order valence-corrected chi connectivity index (χ2v) is 10.5. The third-order valence-electron chi connectivity index (χ3n) is 7.41. The maximum atomic E-state index is 13.9. The van der Waals surface area contributed by atoms with Gasteiger partial charge in [0.15, 0.2) is 0 Å². The van der Waals surface area contributed by atoms with E-state index in [-0.39, 0.29) is 30.3 Å². The molecule has 1 aliphatic rings. The van der Waals surface area contributed by atoms with Crippen LogP contribution in [0.5, 0.6) is 0 Å². The number of rotatable bonds is 9. The van der Waals surface area contributed by atoms with E-state index >= 15 is 0 Å². The van der Waals surface area contributed by atoms with E-state index in [1.807, 2.05) is 79.7 Å². The second-order valence-electron chi connectivity index (χ2n) is 10.1. The van der Waals surface area contributed by atoms with Crippen LogP contribution in [0.25, 0.3) is 11.4 Å². The number of carbonyl (C=O) groups is 2. The molecule has 5 rings (SSSR count). The Morgan fingerprint density at radius 1 is 1.00 bits per heavy atom. The van der Waals surface area contributed by atoms with Gasteiger partial charge in [-0.15, -0.1) is 0 Å². The molecule has 0 spiro atoms. The first kappa shape index (κ1) is 27.6. The van der Waals surface area contributed by atoms with Gasteiger partial charge in [0.1, 0.15) is 12.6 Å². The third-order valence-corrected chi connectivity index (χ3v) is 7.67. The Hall–Kier alpha value is -3.97. The molecular weight excluding hydrogens is 524 g/mol. The zero-order valence-electron chi connectivity index (χ0n) is 22.6. The number of carbonyl (C=O) groups excluding carboxylic acids is 2. The molecule has 0 radical (unpaired) electrons. The van der Waals surface area contributed by atoms with E-state index in [9.17, 15) is 9.59 Å². The van der Waals surface area contributed by atoms with Crippen molar-refractivity contribution in [3.63, 3.8) is 0 Å². The molecule has 0 unspecified atom stereocenters. The van der Waals surface area contributed by atoms with Crippen LogP contribution in [0.2, 0.25) is 5.02 Å². The third kappa shape index (κ3) is 6.42. The molecule has 0 N–H and O–H groups in total. The Morgan fingerprint density at radius 3 is 2.40 bits per heavy atom. The van der Waals surface area contributed by atoms with E-state index in [0.717, 1.165) is 36.0 Å². The summed E-state index contributed by atoms with van der Waals surface area (Å²) in [6.07, 6.45) is 3.20. The normalized spacial score (nSPS) is 15.9. The van der Waals surface area contributed by atoms with Crippen molar-refractivity contribution >= 4 is 23.4 Å². The van der Waals surface area contributed by atoms with Gasteiger partial charge in [0.2, 0.25) is 23.5 Å². The summed E-state index contributed by atoms with van der Waals surface area (Å²) in [6, 6.07) is 26.5. The highest BCUT2D eigenvalue weighted by atomic mass is 35.5. The molecule has 2 atom stereocenters. The van der Waals surface area contributed by atoms with E-state index in [1.165, 1.54) is 0 Å². The van der Waals surface area contributed by atoms with Crippen molar-refractivity contribution in [3.05, 3.63) is 107 Å². The van der Waals surface area contributed by atoms with Crippen molar-refractivity contribution in [2.75, 3.05) is 13.1 Å². The molecule has 2 heterocycles. The average Bonchev–Trinajstić information content (AvgIpc) is 3.49. The number of hydrogen-bond donors (Lipinski definition) is 0. The van der Waals surface area contributed by atoms with Crippen LogP contribution in [0.1, 0.15) is 61.6 Å². The summed E-state index contributed by atoms with van der Waals surface area (Å²) in [7, 11) is 0. The quantitative estimate of drug-likeness (QED) is 0.230. The lowest BCUT2D eigenvalue weighted by molar-refractivity contribution is -0.144. The number of piperidine rings is 1. The first-order chi connectivity index (χ1) is 19.5. The minimum Gasteiger partial charge on any atom is -0.337 e. The van der Waals surface area contributed by atoms with Crippen molar-refractivity contribution in [1.29, 1.82) is 0 Å². The van der Waals surface area contributed by atoms with Gasteiger partial charge >= 0.3 is 0 Å². The minimum absolute atomic E-state index is 0.0221. The monoisotopic (exact) mass is 556 g/mol. The van der Waals surface area contributed by atoms with E-state index in [0.29, 0.717) is 36.2 Å². The Bertz CT molecular complexity index is 1410. The molecule has 206 valence electrons. The van der Waals surface area contributed by atoms with Crippen molar-refractivity contribution in [2.45, 2.75) is 51.1 Å². The van der Waals surface area contributed by atoms with Gasteiger partial charge in [-0.1, -0.05) is 84.3 Å². The molecule has 8 heteroatoms. The maximum absolute atomic E-state index is 13.9. The fourth-order valence-electron chi connectivity index (χ4n) is 5.30. The molecule has 1 fully saturated rings. The summed E-state index contributed by atoms with van der Waals surface area (Å²) < 4.78 is 5.66. The van der Waals surface area contributed by atoms with Crippen LogP contribution in [0.3, 0.4) is 0 Å². The lowest BCUT2D eigenvalue weighted by atomic mass is 9.94.